The van der Waals surface area contributed by atoms with Crippen LogP contribution in [0.1, 0.15) is 25.2 Å². The number of hydrogen-bond donors (Lipinski definition) is 1. The Balaban J connectivity index is 1.99. The van der Waals surface area contributed by atoms with Crippen LogP contribution in [-0.2, 0) is 17.6 Å². The number of amides is 1. The van der Waals surface area contributed by atoms with Gasteiger partial charge < -0.3 is 0 Å². The molecule has 0 unspecified atom stereocenters. The summed E-state index contributed by atoms with van der Waals surface area (Å²) in [5.41, 5.74) is 2.68. The van der Waals surface area contributed by atoms with Crippen molar-refractivity contribution < 1.29 is 13.6 Å². The monoisotopic (exact) mass is 371 g/mol. The molecule has 0 saturated carbocycles. The Morgan fingerprint density at radius 2 is 1.85 bits per heavy atom. The van der Waals surface area contributed by atoms with Gasteiger partial charge in [-0.1, -0.05) is 32.0 Å². The van der Waals surface area contributed by atoms with Gasteiger partial charge in [0.05, 0.1) is 11.9 Å². The molecule has 27 heavy (non-hydrogen) atoms. The number of nitrogens with zero attached hydrogens (tertiary/aromatic N) is 2. The minimum absolute atomic E-state index is 0.0524. The van der Waals surface area contributed by atoms with Crippen LogP contribution in [0.5, 0.6) is 0 Å². The number of carbonyl (C=O) groups is 1. The molecule has 1 N–H and O–H groups in total. The van der Waals surface area contributed by atoms with Gasteiger partial charge in [0.1, 0.15) is 22.8 Å². The van der Waals surface area contributed by atoms with E-state index in [0.717, 1.165) is 4.68 Å². The van der Waals surface area contributed by atoms with Crippen LogP contribution in [0.4, 0.5) is 8.78 Å². The van der Waals surface area contributed by atoms with Crippen LogP contribution in [-0.4, -0.2) is 15.6 Å². The molecule has 0 aliphatic heterocycles. The van der Waals surface area contributed by atoms with Crippen LogP contribution in [0, 0.1) is 17.6 Å². The molecule has 1 heterocycles. The van der Waals surface area contributed by atoms with E-state index in [-0.39, 0.29) is 23.2 Å². The van der Waals surface area contributed by atoms with E-state index in [1.807, 2.05) is 13.8 Å². The number of halogens is 2. The highest BCUT2D eigenvalue weighted by Crippen LogP contribution is 2.14. The zero-order chi connectivity index (χ0) is 19.6. The first-order chi connectivity index (χ1) is 12.8. The number of benzene rings is 2. The van der Waals surface area contributed by atoms with Gasteiger partial charge >= 0.3 is 0 Å². The molecule has 0 aliphatic carbocycles. The van der Waals surface area contributed by atoms with Gasteiger partial charge in [-0.3, -0.25) is 15.0 Å². The largest absolute Gasteiger partial charge is 0.283 e. The van der Waals surface area contributed by atoms with Crippen LogP contribution in [0.3, 0.4) is 0 Å². The maximum absolute atomic E-state index is 14.1. The fourth-order valence-electron chi connectivity index (χ4n) is 2.80. The Morgan fingerprint density at radius 1 is 1.15 bits per heavy atom. The molecule has 3 rings (SSSR count). The second-order valence-corrected chi connectivity index (χ2v) is 6.74. The van der Waals surface area contributed by atoms with E-state index in [1.165, 1.54) is 36.4 Å². The third kappa shape index (κ3) is 4.19. The maximum atomic E-state index is 14.1. The Bertz CT molecular complexity index is 1040. The van der Waals surface area contributed by atoms with Crippen LogP contribution < -0.4 is 11.0 Å². The second kappa shape index (κ2) is 7.65. The van der Waals surface area contributed by atoms with Gasteiger partial charge in [-0.2, -0.15) is 0 Å². The molecule has 7 heteroatoms. The zero-order valence-corrected chi connectivity index (χ0v) is 15.0. The fraction of sp³-hybridized carbons (Fsp3) is 0.250. The third-order valence-corrected chi connectivity index (χ3v) is 4.02. The van der Waals surface area contributed by atoms with Crippen molar-refractivity contribution in [3.8, 4) is 0 Å². The highest BCUT2D eigenvalue weighted by molar-refractivity contribution is 5.86. The van der Waals surface area contributed by atoms with E-state index in [2.05, 4.69) is 10.4 Å². The standard InChI is InChI=1S/C20H19F2N3O2/c1-12(2)10-17-23-16-5-3-4-15(22)19(16)20(27)25(17)24-18(26)11-13-6-8-14(21)9-7-13/h3-9,12H,10-11H2,1-2H3,(H,24,26). The molecular formula is C20H19F2N3O2. The number of aromatic nitrogens is 2. The molecule has 0 bridgehead atoms. The summed E-state index contributed by atoms with van der Waals surface area (Å²) in [6.07, 6.45) is 0.377. The summed E-state index contributed by atoms with van der Waals surface area (Å²) in [4.78, 5) is 29.6. The Kier molecular flexibility index (Phi) is 5.30. The highest BCUT2D eigenvalue weighted by atomic mass is 19.1. The van der Waals surface area contributed by atoms with Gasteiger partial charge in [-0.05, 0) is 35.7 Å². The lowest BCUT2D eigenvalue weighted by atomic mass is 10.1. The van der Waals surface area contributed by atoms with E-state index in [4.69, 9.17) is 0 Å². The first-order valence-electron chi connectivity index (χ1n) is 8.59. The Hall–Kier alpha value is -3.09. The molecule has 140 valence electrons. The highest BCUT2D eigenvalue weighted by Gasteiger charge is 2.17. The van der Waals surface area contributed by atoms with Crippen molar-refractivity contribution in [3.05, 3.63) is 75.8 Å². The normalized spacial score (nSPS) is 11.1. The van der Waals surface area contributed by atoms with E-state index < -0.39 is 23.1 Å². The van der Waals surface area contributed by atoms with E-state index in [9.17, 15) is 18.4 Å². The van der Waals surface area contributed by atoms with Gasteiger partial charge in [0.15, 0.2) is 0 Å². The van der Waals surface area contributed by atoms with Crippen LogP contribution in [0.2, 0.25) is 0 Å². The molecule has 0 radical (unpaired) electrons. The topological polar surface area (TPSA) is 64.0 Å². The lowest BCUT2D eigenvalue weighted by Gasteiger charge is -2.16. The zero-order valence-electron chi connectivity index (χ0n) is 15.0. The predicted molar refractivity (Wildman–Crippen MR) is 99.0 cm³/mol. The average Bonchev–Trinajstić information content (AvgIpc) is 2.60. The average molecular weight is 371 g/mol. The van der Waals surface area contributed by atoms with Crippen LogP contribution in [0.15, 0.2) is 47.3 Å². The van der Waals surface area contributed by atoms with Crippen molar-refractivity contribution in [2.75, 3.05) is 5.43 Å². The van der Waals surface area contributed by atoms with Gasteiger partial charge in [0, 0.05) is 6.42 Å². The molecule has 0 atom stereocenters. The van der Waals surface area contributed by atoms with Gasteiger partial charge in [-0.25, -0.2) is 18.4 Å². The van der Waals surface area contributed by atoms with E-state index in [0.29, 0.717) is 17.8 Å². The van der Waals surface area contributed by atoms with Crippen LogP contribution >= 0.6 is 0 Å². The lowest BCUT2D eigenvalue weighted by molar-refractivity contribution is -0.116. The SMILES string of the molecule is CC(C)Cc1nc2cccc(F)c2c(=O)n1NC(=O)Cc1ccc(F)cc1. The summed E-state index contributed by atoms with van der Waals surface area (Å²) in [7, 11) is 0. The summed E-state index contributed by atoms with van der Waals surface area (Å²) in [5.74, 6) is -1.05. The van der Waals surface area contributed by atoms with Gasteiger partial charge in [-0.15, -0.1) is 0 Å². The van der Waals surface area contributed by atoms with Crippen molar-refractivity contribution >= 4 is 16.8 Å². The fourth-order valence-corrected chi connectivity index (χ4v) is 2.80. The van der Waals surface area contributed by atoms with Gasteiger partial charge in [0.2, 0.25) is 5.91 Å². The molecule has 0 aliphatic rings. The minimum atomic E-state index is -0.692. The van der Waals surface area contributed by atoms with Crippen molar-refractivity contribution in [1.29, 1.82) is 0 Å². The number of nitrogens with one attached hydrogen (secondary N) is 1. The van der Waals surface area contributed by atoms with Crippen LogP contribution in [0.25, 0.3) is 10.9 Å². The molecule has 0 saturated heterocycles. The lowest BCUT2D eigenvalue weighted by Crippen LogP contribution is -2.37. The van der Waals surface area contributed by atoms with E-state index in [1.54, 1.807) is 6.07 Å². The summed E-state index contributed by atoms with van der Waals surface area (Å²) in [5, 5.41) is -0.174. The number of carbonyl (C=O) groups excluding carboxylic acids is 1. The third-order valence-electron chi connectivity index (χ3n) is 4.02. The van der Waals surface area contributed by atoms with Crippen molar-refractivity contribution in [3.63, 3.8) is 0 Å². The number of rotatable bonds is 5. The first-order valence-corrected chi connectivity index (χ1v) is 8.59. The van der Waals surface area contributed by atoms with Crippen molar-refractivity contribution in [1.82, 2.24) is 9.66 Å². The van der Waals surface area contributed by atoms with E-state index >= 15 is 0 Å². The van der Waals surface area contributed by atoms with Crippen molar-refractivity contribution in [2.45, 2.75) is 26.7 Å². The predicted octanol–water partition coefficient (Wildman–Crippen LogP) is 3.19. The molecule has 2 aromatic carbocycles. The summed E-state index contributed by atoms with van der Waals surface area (Å²) >= 11 is 0. The molecular weight excluding hydrogens is 352 g/mol. The quantitative estimate of drug-likeness (QED) is 0.749. The summed E-state index contributed by atoms with van der Waals surface area (Å²) < 4.78 is 28.1. The first kappa shape index (κ1) is 18.7. The molecule has 1 aromatic heterocycles. The Morgan fingerprint density at radius 3 is 2.52 bits per heavy atom. The molecule has 3 aromatic rings. The number of fused-ring (bicyclic) bond motifs is 1. The molecule has 0 spiro atoms. The summed E-state index contributed by atoms with van der Waals surface area (Å²) in [6.45, 7) is 3.90. The summed E-state index contributed by atoms with van der Waals surface area (Å²) in [6, 6.07) is 9.72. The van der Waals surface area contributed by atoms with Crippen molar-refractivity contribution in [2.24, 2.45) is 5.92 Å². The minimum Gasteiger partial charge on any atom is -0.273 e. The van der Waals surface area contributed by atoms with Gasteiger partial charge in [0.25, 0.3) is 5.56 Å². The molecule has 5 nitrogen and oxygen atoms in total. The molecule has 1 amide bonds. The maximum Gasteiger partial charge on any atom is 0.283 e. The Labute approximate surface area is 154 Å². The number of hydrogen-bond acceptors (Lipinski definition) is 3. The second-order valence-electron chi connectivity index (χ2n) is 6.74. The smallest absolute Gasteiger partial charge is 0.273 e. The molecule has 0 fully saturated rings.